The van der Waals surface area contributed by atoms with Crippen molar-refractivity contribution in [1.82, 2.24) is 0 Å². The van der Waals surface area contributed by atoms with Crippen molar-refractivity contribution >= 4 is 28.9 Å². The standard InChI is InChI=1S/C12H16N2OS/c1-9(15)8-16-12-13(2)10-6-4-5-7-11(10)14(12)3/h4-7,12H,8H2,1-3H3. The van der Waals surface area contributed by atoms with Crippen molar-refractivity contribution in [3.05, 3.63) is 24.3 Å². The number of anilines is 2. The summed E-state index contributed by atoms with van der Waals surface area (Å²) in [6.07, 6.45) is 0. The number of carbonyl (C=O) groups is 1. The third kappa shape index (κ3) is 1.89. The van der Waals surface area contributed by atoms with Gasteiger partial charge >= 0.3 is 0 Å². The minimum Gasteiger partial charge on any atom is -0.344 e. The van der Waals surface area contributed by atoms with Crippen molar-refractivity contribution in [2.45, 2.75) is 12.4 Å². The second kappa shape index (κ2) is 4.37. The number of hydrogen-bond donors (Lipinski definition) is 0. The van der Waals surface area contributed by atoms with Gasteiger partial charge in [-0.15, -0.1) is 11.8 Å². The van der Waals surface area contributed by atoms with Gasteiger partial charge in [0.25, 0.3) is 0 Å². The molecule has 1 aromatic carbocycles. The van der Waals surface area contributed by atoms with E-state index in [1.807, 2.05) is 12.1 Å². The lowest BCUT2D eigenvalue weighted by atomic mass is 10.3. The Kier molecular flexibility index (Phi) is 3.10. The summed E-state index contributed by atoms with van der Waals surface area (Å²) in [5, 5.41) is 0. The van der Waals surface area contributed by atoms with Crippen LogP contribution in [0.4, 0.5) is 11.4 Å². The van der Waals surface area contributed by atoms with Crippen LogP contribution in [0.5, 0.6) is 0 Å². The van der Waals surface area contributed by atoms with Gasteiger partial charge in [-0.25, -0.2) is 0 Å². The number of thioether (sulfide) groups is 1. The first kappa shape index (κ1) is 11.3. The second-order valence-electron chi connectivity index (χ2n) is 4.05. The number of carbonyl (C=O) groups excluding carboxylic acids is 1. The maximum Gasteiger partial charge on any atom is 0.150 e. The summed E-state index contributed by atoms with van der Waals surface area (Å²) in [5.74, 6) is 0.788. The predicted molar refractivity (Wildman–Crippen MR) is 70.2 cm³/mol. The normalized spacial score (nSPS) is 15.4. The molecule has 0 aliphatic carbocycles. The number of fused-ring (bicyclic) bond motifs is 1. The fourth-order valence-corrected chi connectivity index (χ4v) is 3.03. The Morgan fingerprint density at radius 2 is 1.75 bits per heavy atom. The zero-order valence-corrected chi connectivity index (χ0v) is 10.6. The molecule has 0 aromatic heterocycles. The average Bonchev–Trinajstić information content (AvgIpc) is 2.50. The van der Waals surface area contributed by atoms with Crippen LogP contribution in [0.3, 0.4) is 0 Å². The Labute approximate surface area is 100 Å². The maximum absolute atomic E-state index is 11.0. The van der Waals surface area contributed by atoms with Gasteiger partial charge in [-0.05, 0) is 19.1 Å². The first-order chi connectivity index (χ1) is 7.61. The van der Waals surface area contributed by atoms with E-state index in [0.29, 0.717) is 5.75 Å². The molecule has 0 radical (unpaired) electrons. The molecule has 0 bridgehead atoms. The van der Waals surface area contributed by atoms with E-state index in [0.717, 1.165) is 0 Å². The highest BCUT2D eigenvalue weighted by atomic mass is 32.2. The van der Waals surface area contributed by atoms with Crippen LogP contribution >= 0.6 is 11.8 Å². The van der Waals surface area contributed by atoms with E-state index in [2.05, 4.69) is 36.0 Å². The largest absolute Gasteiger partial charge is 0.344 e. The van der Waals surface area contributed by atoms with Gasteiger partial charge < -0.3 is 9.80 Å². The Morgan fingerprint density at radius 3 is 2.19 bits per heavy atom. The molecule has 3 nitrogen and oxygen atoms in total. The van der Waals surface area contributed by atoms with Gasteiger partial charge in [-0.1, -0.05) is 12.1 Å². The summed E-state index contributed by atoms with van der Waals surface area (Å²) in [6.45, 7) is 1.63. The van der Waals surface area contributed by atoms with E-state index in [1.54, 1.807) is 18.7 Å². The molecule has 2 rings (SSSR count). The van der Waals surface area contributed by atoms with Gasteiger partial charge in [0.15, 0.2) is 5.50 Å². The number of para-hydroxylation sites is 2. The lowest BCUT2D eigenvalue weighted by molar-refractivity contribution is -0.114. The maximum atomic E-state index is 11.0. The summed E-state index contributed by atoms with van der Waals surface area (Å²) in [5.41, 5.74) is 2.68. The summed E-state index contributed by atoms with van der Waals surface area (Å²) < 4.78 is 0. The van der Waals surface area contributed by atoms with Gasteiger partial charge in [-0.2, -0.15) is 0 Å². The van der Waals surface area contributed by atoms with E-state index in [1.165, 1.54) is 11.4 Å². The lowest BCUT2D eigenvalue weighted by Gasteiger charge is -2.26. The molecule has 1 aliphatic heterocycles. The molecule has 0 spiro atoms. The monoisotopic (exact) mass is 236 g/mol. The van der Waals surface area contributed by atoms with Crippen LogP contribution in [-0.4, -0.2) is 31.1 Å². The first-order valence-corrected chi connectivity index (χ1v) is 6.32. The molecule has 4 heteroatoms. The van der Waals surface area contributed by atoms with Crippen LogP contribution in [0.25, 0.3) is 0 Å². The van der Waals surface area contributed by atoms with E-state index in [4.69, 9.17) is 0 Å². The highest BCUT2D eigenvalue weighted by molar-refractivity contribution is 8.00. The summed E-state index contributed by atoms with van der Waals surface area (Å²) in [7, 11) is 4.14. The molecule has 0 unspecified atom stereocenters. The quantitative estimate of drug-likeness (QED) is 0.802. The fourth-order valence-electron chi connectivity index (χ4n) is 1.97. The lowest BCUT2D eigenvalue weighted by Crippen LogP contribution is -2.36. The topological polar surface area (TPSA) is 23.6 Å². The molecule has 0 saturated carbocycles. The Hall–Kier alpha value is -1.16. The molecule has 0 N–H and O–H groups in total. The molecule has 1 aromatic rings. The molecule has 1 heterocycles. The second-order valence-corrected chi connectivity index (χ2v) is 5.09. The molecule has 0 fully saturated rings. The third-order valence-corrected chi connectivity index (χ3v) is 4.24. The van der Waals surface area contributed by atoms with Crippen molar-refractivity contribution in [1.29, 1.82) is 0 Å². The van der Waals surface area contributed by atoms with Crippen LogP contribution in [0.2, 0.25) is 0 Å². The molecular formula is C12H16N2OS. The molecule has 0 amide bonds. The number of ketones is 1. The average molecular weight is 236 g/mol. The summed E-state index contributed by atoms with van der Waals surface area (Å²) in [4.78, 5) is 15.5. The SMILES string of the molecule is CC(=O)CSC1N(C)c2ccccc2N1C. The van der Waals surface area contributed by atoms with Gasteiger partial charge in [-0.3, -0.25) is 4.79 Å². The third-order valence-electron chi connectivity index (χ3n) is 2.74. The summed E-state index contributed by atoms with van der Waals surface area (Å²) in [6, 6.07) is 8.31. The highest BCUT2D eigenvalue weighted by Crippen LogP contribution is 2.40. The van der Waals surface area contributed by atoms with Crippen molar-refractivity contribution in [2.75, 3.05) is 29.6 Å². The minimum atomic E-state index is 0.223. The molecule has 16 heavy (non-hydrogen) atoms. The van der Waals surface area contributed by atoms with Gasteiger partial charge in [0, 0.05) is 14.1 Å². The number of Topliss-reactive ketones (excluding diaryl/α,β-unsaturated/α-hetero) is 1. The Morgan fingerprint density at radius 1 is 1.25 bits per heavy atom. The van der Waals surface area contributed by atoms with E-state index < -0.39 is 0 Å². The van der Waals surface area contributed by atoms with E-state index in [-0.39, 0.29) is 11.3 Å². The van der Waals surface area contributed by atoms with Crippen molar-refractivity contribution in [2.24, 2.45) is 0 Å². The van der Waals surface area contributed by atoms with Crippen LogP contribution < -0.4 is 9.80 Å². The number of benzene rings is 1. The number of hydrogen-bond acceptors (Lipinski definition) is 4. The molecular weight excluding hydrogens is 220 g/mol. The zero-order chi connectivity index (χ0) is 11.7. The predicted octanol–water partition coefficient (Wildman–Crippen LogP) is 2.18. The van der Waals surface area contributed by atoms with Crippen molar-refractivity contribution in [3.8, 4) is 0 Å². The van der Waals surface area contributed by atoms with Gasteiger partial charge in [0.05, 0.1) is 17.1 Å². The van der Waals surface area contributed by atoms with Crippen LogP contribution in [0, 0.1) is 0 Å². The van der Waals surface area contributed by atoms with Crippen LogP contribution in [0.15, 0.2) is 24.3 Å². The molecule has 86 valence electrons. The minimum absolute atomic E-state index is 0.223. The van der Waals surface area contributed by atoms with E-state index in [9.17, 15) is 4.79 Å². The van der Waals surface area contributed by atoms with Gasteiger partial charge in [0.2, 0.25) is 0 Å². The molecule has 0 atom stereocenters. The van der Waals surface area contributed by atoms with Gasteiger partial charge in [0.1, 0.15) is 5.78 Å². The van der Waals surface area contributed by atoms with Crippen molar-refractivity contribution in [3.63, 3.8) is 0 Å². The zero-order valence-electron chi connectivity index (χ0n) is 9.80. The molecule has 1 aliphatic rings. The summed E-state index contributed by atoms with van der Waals surface area (Å²) >= 11 is 1.67. The fraction of sp³-hybridized carbons (Fsp3) is 0.417. The Bertz CT molecular complexity index is 379. The molecule has 0 saturated heterocycles. The first-order valence-electron chi connectivity index (χ1n) is 5.27. The Balaban J connectivity index is 2.18. The van der Waals surface area contributed by atoms with E-state index >= 15 is 0 Å². The number of rotatable bonds is 3. The van der Waals surface area contributed by atoms with Crippen LogP contribution in [0.1, 0.15) is 6.92 Å². The smallest absolute Gasteiger partial charge is 0.150 e. The highest BCUT2D eigenvalue weighted by Gasteiger charge is 2.30. The van der Waals surface area contributed by atoms with Crippen LogP contribution in [-0.2, 0) is 4.79 Å². The number of nitrogens with zero attached hydrogens (tertiary/aromatic N) is 2. The van der Waals surface area contributed by atoms with Crippen molar-refractivity contribution < 1.29 is 4.79 Å².